The van der Waals surface area contributed by atoms with Gasteiger partial charge in [-0.15, -0.1) is 0 Å². The number of carbonyl (C=O) groups is 1. The van der Waals surface area contributed by atoms with E-state index >= 15 is 0 Å². The number of nitrogens with one attached hydrogen (secondary N) is 1. The third-order valence-corrected chi connectivity index (χ3v) is 4.74. The lowest BCUT2D eigenvalue weighted by Gasteiger charge is -2.27. The standard InChI is InChI=1S/C17H20N4O/c22-17(21-15-6-7-16(21)11-18-9-8-15)13-10-19-20(12-13)14-4-2-1-3-5-14/h1-5,10,12,15-16,18H,6-9,11H2. The fraction of sp³-hybridized carbons (Fsp3) is 0.412. The number of aromatic nitrogens is 2. The van der Waals surface area contributed by atoms with E-state index in [1.165, 1.54) is 0 Å². The molecule has 2 aliphatic heterocycles. The van der Waals surface area contributed by atoms with Gasteiger partial charge in [-0.3, -0.25) is 4.79 Å². The third kappa shape index (κ3) is 2.31. The number of para-hydroxylation sites is 1. The average Bonchev–Trinajstić information content (AvgIpc) is 3.12. The molecule has 2 unspecified atom stereocenters. The van der Waals surface area contributed by atoms with Crippen molar-refractivity contribution < 1.29 is 4.79 Å². The Morgan fingerprint density at radius 3 is 2.82 bits per heavy atom. The molecule has 1 aromatic carbocycles. The summed E-state index contributed by atoms with van der Waals surface area (Å²) < 4.78 is 1.77. The van der Waals surface area contributed by atoms with Crippen LogP contribution in [0.25, 0.3) is 5.69 Å². The van der Waals surface area contributed by atoms with Crippen LogP contribution in [0.15, 0.2) is 42.7 Å². The van der Waals surface area contributed by atoms with Gasteiger partial charge in [0.1, 0.15) is 0 Å². The summed E-state index contributed by atoms with van der Waals surface area (Å²) in [6.07, 6.45) is 6.82. The molecule has 0 aliphatic carbocycles. The smallest absolute Gasteiger partial charge is 0.257 e. The first-order valence-corrected chi connectivity index (χ1v) is 7.96. The first kappa shape index (κ1) is 13.5. The zero-order valence-electron chi connectivity index (χ0n) is 12.5. The van der Waals surface area contributed by atoms with Crippen LogP contribution in [0.2, 0.25) is 0 Å². The highest BCUT2D eigenvalue weighted by molar-refractivity contribution is 5.94. The second kappa shape index (κ2) is 5.57. The molecule has 2 aromatic rings. The van der Waals surface area contributed by atoms with Crippen molar-refractivity contribution in [3.8, 4) is 5.69 Å². The Kier molecular flexibility index (Phi) is 3.42. The molecule has 0 spiro atoms. The van der Waals surface area contributed by atoms with Gasteiger partial charge in [-0.05, 0) is 37.9 Å². The van der Waals surface area contributed by atoms with Gasteiger partial charge in [0, 0.05) is 24.8 Å². The van der Waals surface area contributed by atoms with Crippen molar-refractivity contribution in [3.63, 3.8) is 0 Å². The van der Waals surface area contributed by atoms with E-state index in [1.54, 1.807) is 10.9 Å². The van der Waals surface area contributed by atoms with Crippen molar-refractivity contribution in [1.82, 2.24) is 20.0 Å². The SMILES string of the molecule is O=C(c1cnn(-c2ccccc2)c1)N1C2CCNCC1CC2. The molecule has 0 radical (unpaired) electrons. The summed E-state index contributed by atoms with van der Waals surface area (Å²) in [5, 5.41) is 7.78. The van der Waals surface area contributed by atoms with Crippen LogP contribution >= 0.6 is 0 Å². The molecule has 0 saturated carbocycles. The summed E-state index contributed by atoms with van der Waals surface area (Å²) in [5.74, 6) is 0.124. The van der Waals surface area contributed by atoms with Crippen LogP contribution < -0.4 is 5.32 Å². The maximum Gasteiger partial charge on any atom is 0.257 e. The number of benzene rings is 1. The fourth-order valence-corrected chi connectivity index (χ4v) is 3.62. The summed E-state index contributed by atoms with van der Waals surface area (Å²) in [7, 11) is 0. The number of rotatable bonds is 2. The number of hydrogen-bond donors (Lipinski definition) is 1. The molecule has 1 amide bonds. The molecule has 114 valence electrons. The second-order valence-electron chi connectivity index (χ2n) is 6.10. The molecule has 3 heterocycles. The third-order valence-electron chi connectivity index (χ3n) is 4.74. The molecular formula is C17H20N4O. The van der Waals surface area contributed by atoms with Gasteiger partial charge in [0.15, 0.2) is 0 Å². The van der Waals surface area contributed by atoms with Crippen LogP contribution in [-0.2, 0) is 0 Å². The van der Waals surface area contributed by atoms with E-state index in [0.29, 0.717) is 17.6 Å². The Hall–Kier alpha value is -2.14. The van der Waals surface area contributed by atoms with Crippen molar-refractivity contribution in [1.29, 1.82) is 0 Å². The normalized spacial score (nSPS) is 24.3. The maximum absolute atomic E-state index is 12.9. The van der Waals surface area contributed by atoms with Crippen LogP contribution in [0.3, 0.4) is 0 Å². The predicted octanol–water partition coefficient (Wildman–Crippen LogP) is 1.84. The van der Waals surface area contributed by atoms with Crippen LogP contribution in [0.1, 0.15) is 29.6 Å². The molecule has 22 heavy (non-hydrogen) atoms. The summed E-state index contributed by atoms with van der Waals surface area (Å²) in [5.41, 5.74) is 1.66. The van der Waals surface area contributed by atoms with E-state index in [1.807, 2.05) is 36.5 Å². The molecule has 4 rings (SSSR count). The minimum Gasteiger partial charge on any atom is -0.331 e. The molecule has 5 heteroatoms. The zero-order valence-corrected chi connectivity index (χ0v) is 12.5. The van der Waals surface area contributed by atoms with Crippen molar-refractivity contribution in [2.75, 3.05) is 13.1 Å². The lowest BCUT2D eigenvalue weighted by atomic mass is 10.1. The minimum atomic E-state index is 0.124. The van der Waals surface area contributed by atoms with Crippen LogP contribution in [-0.4, -0.2) is 45.8 Å². The van der Waals surface area contributed by atoms with E-state index in [0.717, 1.165) is 38.0 Å². The second-order valence-corrected chi connectivity index (χ2v) is 6.10. The number of fused-ring (bicyclic) bond motifs is 2. The Bertz CT molecular complexity index is 652. The highest BCUT2D eigenvalue weighted by Crippen LogP contribution is 2.29. The molecule has 1 aromatic heterocycles. The Labute approximate surface area is 129 Å². The summed E-state index contributed by atoms with van der Waals surface area (Å²) in [4.78, 5) is 15.0. The van der Waals surface area contributed by atoms with E-state index in [9.17, 15) is 4.79 Å². The molecular weight excluding hydrogens is 276 g/mol. The topological polar surface area (TPSA) is 50.2 Å². The number of hydrogen-bond acceptors (Lipinski definition) is 3. The molecule has 2 saturated heterocycles. The summed E-state index contributed by atoms with van der Waals surface area (Å²) in [6.45, 7) is 1.92. The molecule has 2 aliphatic rings. The molecule has 2 bridgehead atoms. The molecule has 2 atom stereocenters. The van der Waals surface area contributed by atoms with E-state index < -0.39 is 0 Å². The predicted molar refractivity (Wildman–Crippen MR) is 84.0 cm³/mol. The van der Waals surface area contributed by atoms with Gasteiger partial charge in [-0.2, -0.15) is 5.10 Å². The highest BCUT2D eigenvalue weighted by Gasteiger charge is 2.38. The Morgan fingerprint density at radius 1 is 1.14 bits per heavy atom. The first-order valence-electron chi connectivity index (χ1n) is 7.96. The zero-order chi connectivity index (χ0) is 14.9. The summed E-state index contributed by atoms with van der Waals surface area (Å²) >= 11 is 0. The number of nitrogens with zero attached hydrogens (tertiary/aromatic N) is 3. The van der Waals surface area contributed by atoms with E-state index in [2.05, 4.69) is 15.3 Å². The number of carbonyl (C=O) groups excluding carboxylic acids is 1. The largest absolute Gasteiger partial charge is 0.331 e. The van der Waals surface area contributed by atoms with Crippen LogP contribution in [0.4, 0.5) is 0 Å². The van der Waals surface area contributed by atoms with Crippen molar-refractivity contribution >= 4 is 5.91 Å². The minimum absolute atomic E-state index is 0.124. The highest BCUT2D eigenvalue weighted by atomic mass is 16.2. The number of amides is 1. The van der Waals surface area contributed by atoms with E-state index in [4.69, 9.17) is 0 Å². The quantitative estimate of drug-likeness (QED) is 0.920. The van der Waals surface area contributed by atoms with E-state index in [-0.39, 0.29) is 5.91 Å². The van der Waals surface area contributed by atoms with Crippen molar-refractivity contribution in [2.24, 2.45) is 0 Å². The van der Waals surface area contributed by atoms with Gasteiger partial charge in [-0.1, -0.05) is 18.2 Å². The lowest BCUT2D eigenvalue weighted by molar-refractivity contribution is 0.0680. The van der Waals surface area contributed by atoms with Crippen molar-refractivity contribution in [3.05, 3.63) is 48.3 Å². The Balaban J connectivity index is 1.60. The Morgan fingerprint density at radius 2 is 1.95 bits per heavy atom. The van der Waals surface area contributed by atoms with Crippen LogP contribution in [0.5, 0.6) is 0 Å². The average molecular weight is 296 g/mol. The van der Waals surface area contributed by atoms with Crippen molar-refractivity contribution in [2.45, 2.75) is 31.3 Å². The fourth-order valence-electron chi connectivity index (χ4n) is 3.62. The van der Waals surface area contributed by atoms with Gasteiger partial charge in [0.25, 0.3) is 5.91 Å². The molecule has 2 fully saturated rings. The monoisotopic (exact) mass is 296 g/mol. The molecule has 1 N–H and O–H groups in total. The summed E-state index contributed by atoms with van der Waals surface area (Å²) in [6, 6.07) is 10.6. The van der Waals surface area contributed by atoms with Gasteiger partial charge in [0.2, 0.25) is 0 Å². The van der Waals surface area contributed by atoms with Gasteiger partial charge >= 0.3 is 0 Å². The van der Waals surface area contributed by atoms with Gasteiger partial charge in [0.05, 0.1) is 17.4 Å². The first-order chi connectivity index (χ1) is 10.8. The van der Waals surface area contributed by atoms with Gasteiger partial charge < -0.3 is 10.2 Å². The maximum atomic E-state index is 12.9. The van der Waals surface area contributed by atoms with Crippen LogP contribution in [0, 0.1) is 0 Å². The molecule has 5 nitrogen and oxygen atoms in total. The van der Waals surface area contributed by atoms with Gasteiger partial charge in [-0.25, -0.2) is 4.68 Å². The lowest BCUT2D eigenvalue weighted by Crippen LogP contribution is -2.42.